The number of esters is 1. The predicted octanol–water partition coefficient (Wildman–Crippen LogP) is 1.97. The summed E-state index contributed by atoms with van der Waals surface area (Å²) >= 11 is 0. The standard InChI is InChI=1S/C17H21NO3/c1-13-14-7-3-4-8-15(14)21-16(13)17(19)20-12-11-18-9-5-2-6-10-18/h3-4,7-8H,2,5-6,9-12H2,1H3/p+1. The van der Waals surface area contributed by atoms with Crippen LogP contribution in [0.2, 0.25) is 0 Å². The smallest absolute Gasteiger partial charge is 0.374 e. The molecule has 0 spiro atoms. The van der Waals surface area contributed by atoms with Gasteiger partial charge in [-0.05, 0) is 32.3 Å². The molecular weight excluding hydrogens is 266 g/mol. The van der Waals surface area contributed by atoms with Crippen molar-refractivity contribution < 1.29 is 18.8 Å². The SMILES string of the molecule is Cc1c(C(=O)OCC[NH+]2CCCCC2)oc2ccccc12. The van der Waals surface area contributed by atoms with Gasteiger partial charge in [0.05, 0.1) is 13.1 Å². The molecule has 0 atom stereocenters. The monoisotopic (exact) mass is 288 g/mol. The van der Waals surface area contributed by atoms with Crippen LogP contribution in [0.15, 0.2) is 28.7 Å². The van der Waals surface area contributed by atoms with Gasteiger partial charge in [0.2, 0.25) is 5.76 Å². The lowest BCUT2D eigenvalue weighted by Gasteiger charge is -2.23. The Hall–Kier alpha value is -1.81. The van der Waals surface area contributed by atoms with Crippen LogP contribution < -0.4 is 4.90 Å². The summed E-state index contributed by atoms with van der Waals surface area (Å²) in [5, 5.41) is 0.978. The Kier molecular flexibility index (Phi) is 4.25. The number of rotatable bonds is 4. The number of benzene rings is 1. The highest BCUT2D eigenvalue weighted by Gasteiger charge is 2.20. The highest BCUT2D eigenvalue weighted by Crippen LogP contribution is 2.25. The second-order valence-electron chi connectivity index (χ2n) is 5.75. The molecule has 4 heteroatoms. The molecule has 1 saturated heterocycles. The number of fused-ring (bicyclic) bond motifs is 1. The molecule has 0 saturated carbocycles. The van der Waals surface area contributed by atoms with Crippen LogP contribution in [0.1, 0.15) is 35.4 Å². The Morgan fingerprint density at radius 3 is 2.76 bits per heavy atom. The number of carbonyl (C=O) groups is 1. The lowest BCUT2D eigenvalue weighted by molar-refractivity contribution is -0.905. The van der Waals surface area contributed by atoms with E-state index in [9.17, 15) is 4.79 Å². The summed E-state index contributed by atoms with van der Waals surface area (Å²) in [5.74, 6) is -0.00930. The van der Waals surface area contributed by atoms with Crippen LogP contribution in [-0.2, 0) is 4.74 Å². The maximum atomic E-state index is 12.2. The molecule has 0 bridgehead atoms. The van der Waals surface area contributed by atoms with E-state index >= 15 is 0 Å². The van der Waals surface area contributed by atoms with Crippen LogP contribution in [0.3, 0.4) is 0 Å². The van der Waals surface area contributed by atoms with Crippen LogP contribution in [0.5, 0.6) is 0 Å². The van der Waals surface area contributed by atoms with Crippen molar-refractivity contribution in [2.75, 3.05) is 26.2 Å². The maximum Gasteiger partial charge on any atom is 0.374 e. The first-order chi connectivity index (χ1) is 10.3. The summed E-state index contributed by atoms with van der Waals surface area (Å²) < 4.78 is 11.0. The third-order valence-electron chi connectivity index (χ3n) is 4.28. The normalized spacial score (nSPS) is 16.2. The van der Waals surface area contributed by atoms with E-state index in [4.69, 9.17) is 9.15 Å². The molecule has 4 nitrogen and oxygen atoms in total. The fourth-order valence-electron chi connectivity index (χ4n) is 3.02. The summed E-state index contributed by atoms with van der Waals surface area (Å²) in [6.45, 7) is 5.65. The van der Waals surface area contributed by atoms with E-state index in [-0.39, 0.29) is 5.97 Å². The van der Waals surface area contributed by atoms with Crippen molar-refractivity contribution in [3.05, 3.63) is 35.6 Å². The summed E-state index contributed by atoms with van der Waals surface area (Å²) in [6, 6.07) is 7.68. The van der Waals surface area contributed by atoms with Crippen LogP contribution in [-0.4, -0.2) is 32.2 Å². The lowest BCUT2D eigenvalue weighted by atomic mass is 10.1. The minimum atomic E-state index is -0.347. The molecule has 112 valence electrons. The Balaban J connectivity index is 1.60. The third kappa shape index (κ3) is 3.10. The fraction of sp³-hybridized carbons (Fsp3) is 0.471. The highest BCUT2D eigenvalue weighted by atomic mass is 16.5. The minimum absolute atomic E-state index is 0.338. The Morgan fingerprint density at radius 2 is 2.00 bits per heavy atom. The molecule has 3 rings (SSSR count). The van der Waals surface area contributed by atoms with Gasteiger partial charge in [-0.15, -0.1) is 0 Å². The lowest BCUT2D eigenvalue weighted by Crippen LogP contribution is -3.13. The second kappa shape index (κ2) is 6.31. The fourth-order valence-corrected chi connectivity index (χ4v) is 3.02. The van der Waals surface area contributed by atoms with Gasteiger partial charge >= 0.3 is 5.97 Å². The molecular formula is C17H22NO3+. The van der Waals surface area contributed by atoms with Gasteiger partial charge in [0, 0.05) is 10.9 Å². The first kappa shape index (κ1) is 14.1. The third-order valence-corrected chi connectivity index (χ3v) is 4.28. The molecule has 1 aromatic carbocycles. The average Bonchev–Trinajstić information content (AvgIpc) is 2.86. The number of hydrogen-bond donors (Lipinski definition) is 1. The van der Waals surface area contributed by atoms with E-state index in [1.165, 1.54) is 37.3 Å². The second-order valence-corrected chi connectivity index (χ2v) is 5.75. The molecule has 1 aliphatic rings. The number of quaternary nitrogens is 1. The zero-order valence-corrected chi connectivity index (χ0v) is 12.5. The first-order valence-corrected chi connectivity index (χ1v) is 7.74. The molecule has 0 unspecified atom stereocenters. The van der Waals surface area contributed by atoms with Crippen LogP contribution in [0.25, 0.3) is 11.0 Å². The van der Waals surface area contributed by atoms with Crippen molar-refractivity contribution in [3.63, 3.8) is 0 Å². The minimum Gasteiger partial charge on any atom is -0.454 e. The molecule has 1 aliphatic heterocycles. The van der Waals surface area contributed by atoms with Gasteiger partial charge in [0.1, 0.15) is 18.7 Å². The van der Waals surface area contributed by atoms with Crippen molar-refractivity contribution in [1.29, 1.82) is 0 Å². The van der Waals surface area contributed by atoms with Crippen molar-refractivity contribution >= 4 is 16.9 Å². The number of likely N-dealkylation sites (tertiary alicyclic amines) is 1. The van der Waals surface area contributed by atoms with Gasteiger partial charge in [0.15, 0.2) is 0 Å². The highest BCUT2D eigenvalue weighted by molar-refractivity contribution is 5.95. The van der Waals surface area contributed by atoms with E-state index in [0.717, 1.165) is 23.1 Å². The quantitative estimate of drug-likeness (QED) is 0.875. The molecule has 2 aromatic rings. The number of ether oxygens (including phenoxy) is 1. The van der Waals surface area contributed by atoms with Crippen LogP contribution >= 0.6 is 0 Å². The van der Waals surface area contributed by atoms with Gasteiger partial charge in [-0.1, -0.05) is 18.2 Å². The van der Waals surface area contributed by atoms with Gasteiger partial charge in [-0.3, -0.25) is 0 Å². The van der Waals surface area contributed by atoms with Crippen molar-refractivity contribution in [2.24, 2.45) is 0 Å². The summed E-state index contributed by atoms with van der Waals surface area (Å²) in [7, 11) is 0. The maximum absolute atomic E-state index is 12.2. The summed E-state index contributed by atoms with van der Waals surface area (Å²) in [4.78, 5) is 13.7. The average molecular weight is 288 g/mol. The summed E-state index contributed by atoms with van der Waals surface area (Å²) in [6.07, 6.45) is 3.90. The molecule has 1 fully saturated rings. The van der Waals surface area contributed by atoms with Gasteiger partial charge in [0.25, 0.3) is 0 Å². The van der Waals surface area contributed by atoms with Gasteiger partial charge in [-0.25, -0.2) is 4.79 Å². The molecule has 1 aromatic heterocycles. The number of para-hydroxylation sites is 1. The van der Waals surface area contributed by atoms with Gasteiger partial charge < -0.3 is 14.1 Å². The van der Waals surface area contributed by atoms with Crippen LogP contribution in [0.4, 0.5) is 0 Å². The number of aryl methyl sites for hydroxylation is 1. The largest absolute Gasteiger partial charge is 0.454 e. The molecule has 2 heterocycles. The molecule has 0 aliphatic carbocycles. The summed E-state index contributed by atoms with van der Waals surface area (Å²) in [5.41, 5.74) is 1.60. The molecule has 1 N–H and O–H groups in total. The topological polar surface area (TPSA) is 43.9 Å². The number of furan rings is 1. The predicted molar refractivity (Wildman–Crippen MR) is 80.6 cm³/mol. The van der Waals surface area contributed by atoms with E-state index in [2.05, 4.69) is 0 Å². The Labute approximate surface area is 124 Å². The molecule has 21 heavy (non-hydrogen) atoms. The van der Waals surface area contributed by atoms with E-state index in [0.29, 0.717) is 12.4 Å². The van der Waals surface area contributed by atoms with E-state index in [1.807, 2.05) is 31.2 Å². The van der Waals surface area contributed by atoms with Gasteiger partial charge in [-0.2, -0.15) is 0 Å². The molecule has 0 radical (unpaired) electrons. The van der Waals surface area contributed by atoms with Crippen molar-refractivity contribution in [1.82, 2.24) is 0 Å². The number of nitrogens with one attached hydrogen (secondary N) is 1. The van der Waals surface area contributed by atoms with Crippen LogP contribution in [0, 0.1) is 6.92 Å². The Bertz CT molecular complexity index is 626. The van der Waals surface area contributed by atoms with E-state index < -0.39 is 0 Å². The Morgan fingerprint density at radius 1 is 1.24 bits per heavy atom. The molecule has 0 amide bonds. The van der Waals surface area contributed by atoms with Crippen molar-refractivity contribution in [3.8, 4) is 0 Å². The first-order valence-electron chi connectivity index (χ1n) is 7.74. The zero-order chi connectivity index (χ0) is 14.7. The zero-order valence-electron chi connectivity index (χ0n) is 12.5. The number of hydrogen-bond acceptors (Lipinski definition) is 3. The van der Waals surface area contributed by atoms with Crippen molar-refractivity contribution in [2.45, 2.75) is 26.2 Å². The number of carbonyl (C=O) groups excluding carboxylic acids is 1. The van der Waals surface area contributed by atoms with E-state index in [1.54, 1.807) is 0 Å². The number of piperidine rings is 1.